The van der Waals surface area contributed by atoms with Crippen molar-refractivity contribution in [3.8, 4) is 0 Å². The van der Waals surface area contributed by atoms with Crippen molar-refractivity contribution in [2.45, 2.75) is 20.0 Å². The molecule has 0 bridgehead atoms. The summed E-state index contributed by atoms with van der Waals surface area (Å²) >= 11 is 0. The molecule has 0 heterocycles. The molecule has 0 spiro atoms. The van der Waals surface area contributed by atoms with E-state index in [0.717, 1.165) is 16.9 Å². The fourth-order valence-electron chi connectivity index (χ4n) is 2.05. The highest BCUT2D eigenvalue weighted by molar-refractivity contribution is 5.66. The second-order valence-electron chi connectivity index (χ2n) is 4.63. The molecule has 1 atom stereocenters. The Hall–Kier alpha value is -1.80. The molecule has 2 rings (SSSR count). The van der Waals surface area contributed by atoms with Gasteiger partial charge in [0.2, 0.25) is 0 Å². The second kappa shape index (κ2) is 5.23. The largest absolute Gasteiger partial charge is 0.389 e. The molecule has 0 aliphatic heterocycles. The van der Waals surface area contributed by atoms with Crippen LogP contribution in [-0.2, 0) is 0 Å². The van der Waals surface area contributed by atoms with Crippen LogP contribution in [0.25, 0.3) is 0 Å². The number of benzene rings is 2. The molecule has 2 aromatic carbocycles. The minimum atomic E-state index is -0.464. The van der Waals surface area contributed by atoms with Crippen molar-refractivity contribution >= 4 is 11.4 Å². The number of anilines is 2. The standard InChI is InChI=1S/C16H19NO/c1-12-8-10-14(11-9-12)17(3)16-7-5-4-6-15(16)13(2)18/h4-11,13,18H,1-3H3. The average molecular weight is 241 g/mol. The molecule has 0 saturated carbocycles. The fraction of sp³-hybridized carbons (Fsp3) is 0.250. The number of hydrogen-bond acceptors (Lipinski definition) is 2. The maximum atomic E-state index is 9.82. The molecule has 18 heavy (non-hydrogen) atoms. The Morgan fingerprint density at radius 3 is 2.22 bits per heavy atom. The highest BCUT2D eigenvalue weighted by Gasteiger charge is 2.11. The van der Waals surface area contributed by atoms with Crippen LogP contribution in [0.2, 0.25) is 0 Å². The van der Waals surface area contributed by atoms with Crippen LogP contribution in [0.4, 0.5) is 11.4 Å². The van der Waals surface area contributed by atoms with Crippen LogP contribution in [0.15, 0.2) is 48.5 Å². The SMILES string of the molecule is Cc1ccc(N(C)c2ccccc2C(C)O)cc1. The summed E-state index contributed by atoms with van der Waals surface area (Å²) in [6.45, 7) is 3.87. The van der Waals surface area contributed by atoms with E-state index in [1.807, 2.05) is 31.3 Å². The summed E-state index contributed by atoms with van der Waals surface area (Å²) in [7, 11) is 2.02. The van der Waals surface area contributed by atoms with E-state index in [1.54, 1.807) is 6.92 Å². The van der Waals surface area contributed by atoms with E-state index >= 15 is 0 Å². The van der Waals surface area contributed by atoms with Crippen molar-refractivity contribution in [2.24, 2.45) is 0 Å². The third kappa shape index (κ3) is 2.54. The summed E-state index contributed by atoms with van der Waals surface area (Å²) in [6, 6.07) is 16.3. The number of hydrogen-bond donors (Lipinski definition) is 1. The smallest absolute Gasteiger partial charge is 0.0782 e. The Bertz CT molecular complexity index is 517. The number of nitrogens with zero attached hydrogens (tertiary/aromatic N) is 1. The lowest BCUT2D eigenvalue weighted by molar-refractivity contribution is 0.200. The average Bonchev–Trinajstić information content (AvgIpc) is 2.39. The first kappa shape index (κ1) is 12.7. The Morgan fingerprint density at radius 1 is 1.00 bits per heavy atom. The first-order valence-corrected chi connectivity index (χ1v) is 6.17. The number of aliphatic hydroxyl groups is 1. The zero-order valence-electron chi connectivity index (χ0n) is 11.1. The number of aliphatic hydroxyl groups excluding tert-OH is 1. The molecular weight excluding hydrogens is 222 g/mol. The van der Waals surface area contributed by atoms with Gasteiger partial charge >= 0.3 is 0 Å². The molecule has 0 radical (unpaired) electrons. The van der Waals surface area contributed by atoms with Crippen molar-refractivity contribution in [1.82, 2.24) is 0 Å². The zero-order valence-corrected chi connectivity index (χ0v) is 11.1. The maximum absolute atomic E-state index is 9.82. The van der Waals surface area contributed by atoms with Crippen molar-refractivity contribution < 1.29 is 5.11 Å². The van der Waals surface area contributed by atoms with E-state index in [9.17, 15) is 5.11 Å². The molecule has 2 heteroatoms. The van der Waals surface area contributed by atoms with Crippen LogP contribution in [0.1, 0.15) is 24.2 Å². The van der Waals surface area contributed by atoms with Gasteiger partial charge in [0.25, 0.3) is 0 Å². The van der Waals surface area contributed by atoms with Gasteiger partial charge in [-0.3, -0.25) is 0 Å². The van der Waals surface area contributed by atoms with Gasteiger partial charge in [-0.15, -0.1) is 0 Å². The Morgan fingerprint density at radius 2 is 1.61 bits per heavy atom. The normalized spacial score (nSPS) is 12.2. The molecule has 0 aliphatic carbocycles. The van der Waals surface area contributed by atoms with Crippen LogP contribution in [0, 0.1) is 6.92 Å². The van der Waals surface area contributed by atoms with E-state index in [2.05, 4.69) is 36.1 Å². The zero-order chi connectivity index (χ0) is 13.1. The summed E-state index contributed by atoms with van der Waals surface area (Å²) in [5, 5.41) is 9.82. The Balaban J connectivity index is 2.39. The molecule has 1 N–H and O–H groups in total. The van der Waals surface area contributed by atoms with Crippen molar-refractivity contribution in [3.05, 3.63) is 59.7 Å². The molecule has 2 nitrogen and oxygen atoms in total. The molecule has 2 aromatic rings. The van der Waals surface area contributed by atoms with Crippen molar-refractivity contribution in [3.63, 3.8) is 0 Å². The molecule has 0 aliphatic rings. The van der Waals surface area contributed by atoms with Gasteiger partial charge in [-0.25, -0.2) is 0 Å². The predicted molar refractivity (Wildman–Crippen MR) is 76.3 cm³/mol. The molecule has 1 unspecified atom stereocenters. The minimum Gasteiger partial charge on any atom is -0.389 e. The lowest BCUT2D eigenvalue weighted by Crippen LogP contribution is -2.12. The van der Waals surface area contributed by atoms with Gasteiger partial charge in [-0.1, -0.05) is 35.9 Å². The maximum Gasteiger partial charge on any atom is 0.0782 e. The first-order valence-electron chi connectivity index (χ1n) is 6.17. The summed E-state index contributed by atoms with van der Waals surface area (Å²) in [5.41, 5.74) is 4.35. The van der Waals surface area contributed by atoms with Gasteiger partial charge < -0.3 is 10.0 Å². The monoisotopic (exact) mass is 241 g/mol. The van der Waals surface area contributed by atoms with Gasteiger partial charge in [-0.2, -0.15) is 0 Å². The van der Waals surface area contributed by atoms with E-state index < -0.39 is 6.10 Å². The lowest BCUT2D eigenvalue weighted by atomic mass is 10.1. The number of rotatable bonds is 3. The Kier molecular flexibility index (Phi) is 3.68. The second-order valence-corrected chi connectivity index (χ2v) is 4.63. The minimum absolute atomic E-state index is 0.464. The Labute approximate surface area is 109 Å². The fourth-order valence-corrected chi connectivity index (χ4v) is 2.05. The van der Waals surface area contributed by atoms with Crippen molar-refractivity contribution in [1.29, 1.82) is 0 Å². The molecule has 94 valence electrons. The van der Waals surface area contributed by atoms with Gasteiger partial charge in [-0.05, 0) is 32.0 Å². The van der Waals surface area contributed by atoms with Gasteiger partial charge in [0, 0.05) is 24.0 Å². The van der Waals surface area contributed by atoms with E-state index in [0.29, 0.717) is 0 Å². The van der Waals surface area contributed by atoms with E-state index in [4.69, 9.17) is 0 Å². The highest BCUT2D eigenvalue weighted by Crippen LogP contribution is 2.30. The summed E-state index contributed by atoms with van der Waals surface area (Å²) in [6.07, 6.45) is -0.464. The predicted octanol–water partition coefficient (Wildman–Crippen LogP) is 3.82. The van der Waals surface area contributed by atoms with Gasteiger partial charge in [0.15, 0.2) is 0 Å². The topological polar surface area (TPSA) is 23.5 Å². The molecular formula is C16H19NO. The van der Waals surface area contributed by atoms with Gasteiger partial charge in [0.1, 0.15) is 0 Å². The first-order chi connectivity index (χ1) is 8.59. The number of para-hydroxylation sites is 1. The third-order valence-corrected chi connectivity index (χ3v) is 3.17. The van der Waals surface area contributed by atoms with Crippen LogP contribution in [-0.4, -0.2) is 12.2 Å². The summed E-state index contributed by atoms with van der Waals surface area (Å²) in [5.74, 6) is 0. The van der Waals surface area contributed by atoms with Crippen LogP contribution in [0.3, 0.4) is 0 Å². The number of aryl methyl sites for hydroxylation is 1. The van der Waals surface area contributed by atoms with Crippen LogP contribution in [0.5, 0.6) is 0 Å². The molecule has 0 aromatic heterocycles. The highest BCUT2D eigenvalue weighted by atomic mass is 16.3. The molecule has 0 fully saturated rings. The molecule has 0 amide bonds. The van der Waals surface area contributed by atoms with E-state index in [1.165, 1.54) is 5.56 Å². The third-order valence-electron chi connectivity index (χ3n) is 3.17. The van der Waals surface area contributed by atoms with E-state index in [-0.39, 0.29) is 0 Å². The van der Waals surface area contributed by atoms with Gasteiger partial charge in [0.05, 0.1) is 6.10 Å². The van der Waals surface area contributed by atoms with Crippen LogP contribution < -0.4 is 4.90 Å². The van der Waals surface area contributed by atoms with Crippen molar-refractivity contribution in [2.75, 3.05) is 11.9 Å². The quantitative estimate of drug-likeness (QED) is 0.883. The van der Waals surface area contributed by atoms with Crippen LogP contribution >= 0.6 is 0 Å². The lowest BCUT2D eigenvalue weighted by Gasteiger charge is -2.23. The summed E-state index contributed by atoms with van der Waals surface area (Å²) < 4.78 is 0. The molecule has 0 saturated heterocycles. The summed E-state index contributed by atoms with van der Waals surface area (Å²) in [4.78, 5) is 2.10.